The maximum absolute atomic E-state index is 11.9. The van der Waals surface area contributed by atoms with E-state index in [1.165, 1.54) is 11.5 Å². The summed E-state index contributed by atoms with van der Waals surface area (Å²) in [6.07, 6.45) is 4.32. The predicted molar refractivity (Wildman–Crippen MR) is 89.1 cm³/mol. The lowest BCUT2D eigenvalue weighted by Gasteiger charge is -2.10. The van der Waals surface area contributed by atoms with Crippen LogP contribution >= 0.6 is 0 Å². The third kappa shape index (κ3) is 7.79. The normalized spacial score (nSPS) is 10.9. The molecular formula is C18H27NO4. The monoisotopic (exact) mass is 321 g/mol. The number of rotatable bonds is 9. The zero-order valence-corrected chi connectivity index (χ0v) is 14.5. The molecule has 0 bridgehead atoms. The Hall–Kier alpha value is -1.88. The number of hydrogen-bond donors (Lipinski definition) is 0. The fraction of sp³-hybridized carbons (Fsp3) is 0.556. The van der Waals surface area contributed by atoms with Gasteiger partial charge in [0.2, 0.25) is 0 Å². The molecule has 0 radical (unpaired) electrons. The molecule has 0 heterocycles. The molecule has 0 aliphatic carbocycles. The van der Waals surface area contributed by atoms with Gasteiger partial charge in [-0.25, -0.2) is 9.59 Å². The Morgan fingerprint density at radius 3 is 2.04 bits per heavy atom. The van der Waals surface area contributed by atoms with Crippen molar-refractivity contribution in [2.24, 2.45) is 5.92 Å². The standard InChI is InChI=1S/C18H27NO4/c1-14(2)8-6-5-7-13-22-17(20)15-9-11-16(12-10-15)18(21)23-19(3)4/h9-12,14H,5-8,13H2,1-4H3. The molecule has 1 rings (SSSR count). The number of ether oxygens (including phenoxy) is 1. The number of hydrogen-bond acceptors (Lipinski definition) is 5. The van der Waals surface area contributed by atoms with E-state index in [1.807, 2.05) is 0 Å². The van der Waals surface area contributed by atoms with Gasteiger partial charge in [0.15, 0.2) is 0 Å². The van der Waals surface area contributed by atoms with Gasteiger partial charge in [-0.3, -0.25) is 0 Å². The summed E-state index contributed by atoms with van der Waals surface area (Å²) in [5.74, 6) is -0.100. The van der Waals surface area contributed by atoms with Crippen LogP contribution in [-0.2, 0) is 9.57 Å². The molecule has 0 aliphatic rings. The van der Waals surface area contributed by atoms with Crippen LogP contribution in [0.4, 0.5) is 0 Å². The number of unbranched alkanes of at least 4 members (excludes halogenated alkanes) is 2. The first kappa shape index (κ1) is 19.2. The first-order chi connectivity index (χ1) is 10.9. The molecule has 128 valence electrons. The fourth-order valence-electron chi connectivity index (χ4n) is 2.04. The average Bonchev–Trinajstić information content (AvgIpc) is 2.49. The van der Waals surface area contributed by atoms with Crippen LogP contribution in [0.5, 0.6) is 0 Å². The summed E-state index contributed by atoms with van der Waals surface area (Å²) in [5.41, 5.74) is 0.831. The molecule has 0 atom stereocenters. The van der Waals surface area contributed by atoms with Crippen LogP contribution in [0.2, 0.25) is 0 Å². The lowest BCUT2D eigenvalue weighted by Crippen LogP contribution is -2.18. The van der Waals surface area contributed by atoms with E-state index >= 15 is 0 Å². The van der Waals surface area contributed by atoms with Crippen molar-refractivity contribution < 1.29 is 19.2 Å². The minimum Gasteiger partial charge on any atom is -0.462 e. The highest BCUT2D eigenvalue weighted by Crippen LogP contribution is 2.10. The van der Waals surface area contributed by atoms with Crippen LogP contribution in [0.25, 0.3) is 0 Å². The highest BCUT2D eigenvalue weighted by molar-refractivity contribution is 5.93. The Morgan fingerprint density at radius 1 is 0.957 bits per heavy atom. The van der Waals surface area contributed by atoms with Crippen LogP contribution in [0, 0.1) is 5.92 Å². The fourth-order valence-corrected chi connectivity index (χ4v) is 2.04. The largest absolute Gasteiger partial charge is 0.462 e. The van der Waals surface area contributed by atoms with Gasteiger partial charge in [0.05, 0.1) is 17.7 Å². The molecule has 0 saturated carbocycles. The van der Waals surface area contributed by atoms with Crippen molar-refractivity contribution in [3.63, 3.8) is 0 Å². The molecule has 5 nitrogen and oxygen atoms in total. The van der Waals surface area contributed by atoms with Crippen LogP contribution < -0.4 is 0 Å². The smallest absolute Gasteiger partial charge is 0.356 e. The average molecular weight is 321 g/mol. The molecule has 1 aromatic carbocycles. The van der Waals surface area contributed by atoms with E-state index in [0.717, 1.165) is 25.2 Å². The Kier molecular flexibility index (Phi) is 8.33. The lowest BCUT2D eigenvalue weighted by atomic mass is 10.1. The summed E-state index contributed by atoms with van der Waals surface area (Å²) in [4.78, 5) is 28.5. The molecule has 0 saturated heterocycles. The zero-order valence-electron chi connectivity index (χ0n) is 14.5. The number of nitrogens with zero attached hydrogens (tertiary/aromatic N) is 1. The van der Waals surface area contributed by atoms with Gasteiger partial charge in [0, 0.05) is 14.1 Å². The zero-order chi connectivity index (χ0) is 17.2. The van der Waals surface area contributed by atoms with Crippen molar-refractivity contribution in [1.29, 1.82) is 0 Å². The summed E-state index contributed by atoms with van der Waals surface area (Å²) >= 11 is 0. The molecule has 0 aliphatic heterocycles. The second kappa shape index (κ2) is 10.0. The van der Waals surface area contributed by atoms with Crippen molar-refractivity contribution in [3.8, 4) is 0 Å². The van der Waals surface area contributed by atoms with E-state index in [1.54, 1.807) is 38.4 Å². The topological polar surface area (TPSA) is 55.8 Å². The SMILES string of the molecule is CC(C)CCCCCOC(=O)c1ccc(C(=O)ON(C)C)cc1. The maximum Gasteiger partial charge on any atom is 0.356 e. The Labute approximate surface area is 138 Å². The van der Waals surface area contributed by atoms with Gasteiger partial charge in [-0.2, -0.15) is 0 Å². The van der Waals surface area contributed by atoms with Crippen molar-refractivity contribution in [2.45, 2.75) is 39.5 Å². The Morgan fingerprint density at radius 2 is 1.52 bits per heavy atom. The van der Waals surface area contributed by atoms with Crippen molar-refractivity contribution >= 4 is 11.9 Å². The second-order valence-corrected chi connectivity index (χ2v) is 6.15. The molecule has 0 unspecified atom stereocenters. The Bertz CT molecular complexity index is 494. The number of carbonyl (C=O) groups excluding carboxylic acids is 2. The van der Waals surface area contributed by atoms with E-state index in [0.29, 0.717) is 17.7 Å². The lowest BCUT2D eigenvalue weighted by molar-refractivity contribution is -0.0713. The summed E-state index contributed by atoms with van der Waals surface area (Å²) in [7, 11) is 3.26. The van der Waals surface area contributed by atoms with Gasteiger partial charge >= 0.3 is 11.9 Å². The minimum atomic E-state index is -0.458. The quantitative estimate of drug-likeness (QED) is 0.394. The summed E-state index contributed by atoms with van der Waals surface area (Å²) in [6.45, 7) is 4.84. The highest BCUT2D eigenvalue weighted by atomic mass is 16.7. The third-order valence-electron chi connectivity index (χ3n) is 3.28. The van der Waals surface area contributed by atoms with Crippen molar-refractivity contribution in [2.75, 3.05) is 20.7 Å². The van der Waals surface area contributed by atoms with Gasteiger partial charge in [-0.05, 0) is 36.6 Å². The predicted octanol–water partition coefficient (Wildman–Crippen LogP) is 3.69. The van der Waals surface area contributed by atoms with E-state index < -0.39 is 5.97 Å². The minimum absolute atomic E-state index is 0.360. The van der Waals surface area contributed by atoms with Crippen LogP contribution in [0.15, 0.2) is 24.3 Å². The van der Waals surface area contributed by atoms with Gasteiger partial charge in [-0.1, -0.05) is 33.1 Å². The van der Waals surface area contributed by atoms with Gasteiger partial charge in [0.25, 0.3) is 0 Å². The number of carbonyl (C=O) groups is 2. The number of benzene rings is 1. The summed E-state index contributed by atoms with van der Waals surface area (Å²) < 4.78 is 5.24. The van der Waals surface area contributed by atoms with Crippen molar-refractivity contribution in [1.82, 2.24) is 5.06 Å². The first-order valence-electron chi connectivity index (χ1n) is 8.07. The molecule has 0 N–H and O–H groups in total. The van der Waals surface area contributed by atoms with Crippen molar-refractivity contribution in [3.05, 3.63) is 35.4 Å². The Balaban J connectivity index is 2.35. The molecule has 0 spiro atoms. The summed E-state index contributed by atoms with van der Waals surface area (Å²) in [6, 6.07) is 6.27. The number of esters is 1. The molecular weight excluding hydrogens is 294 g/mol. The third-order valence-corrected chi connectivity index (χ3v) is 3.28. The molecule has 1 aromatic rings. The van der Waals surface area contributed by atoms with E-state index in [4.69, 9.17) is 9.57 Å². The molecule has 0 aromatic heterocycles. The van der Waals surface area contributed by atoms with E-state index in [-0.39, 0.29) is 5.97 Å². The van der Waals surface area contributed by atoms with Gasteiger partial charge in [-0.15, -0.1) is 5.06 Å². The first-order valence-corrected chi connectivity index (χ1v) is 8.07. The van der Waals surface area contributed by atoms with E-state index in [2.05, 4.69) is 13.8 Å². The van der Waals surface area contributed by atoms with Gasteiger partial charge in [0.1, 0.15) is 0 Å². The van der Waals surface area contributed by atoms with Crippen LogP contribution in [-0.4, -0.2) is 37.7 Å². The van der Waals surface area contributed by atoms with E-state index in [9.17, 15) is 9.59 Å². The maximum atomic E-state index is 11.9. The highest BCUT2D eigenvalue weighted by Gasteiger charge is 2.11. The van der Waals surface area contributed by atoms with Gasteiger partial charge < -0.3 is 9.57 Å². The molecule has 23 heavy (non-hydrogen) atoms. The second-order valence-electron chi connectivity index (χ2n) is 6.15. The summed E-state index contributed by atoms with van der Waals surface area (Å²) in [5, 5.41) is 1.32. The van der Waals surface area contributed by atoms with Crippen LogP contribution in [0.1, 0.15) is 60.2 Å². The molecule has 5 heteroatoms. The molecule has 0 amide bonds. The molecule has 0 fully saturated rings. The number of hydroxylamine groups is 2. The van der Waals surface area contributed by atoms with Crippen LogP contribution in [0.3, 0.4) is 0 Å².